The molecule has 0 aliphatic carbocycles. The van der Waals surface area contributed by atoms with Gasteiger partial charge in [-0.2, -0.15) is 0 Å². The third-order valence-corrected chi connectivity index (χ3v) is 3.32. The van der Waals surface area contributed by atoms with Crippen LogP contribution in [0.25, 0.3) is 0 Å². The number of likely N-dealkylation sites (tertiary alicyclic amines) is 1. The molecule has 4 nitrogen and oxygen atoms in total. The number of pyridine rings is 1. The fourth-order valence-electron chi connectivity index (χ4n) is 2.46. The maximum Gasteiger partial charge on any atom is 0.323 e. The highest BCUT2D eigenvalue weighted by atomic mass is 19.1. The number of hydrogen-bond donors (Lipinski definition) is 0. The molecule has 0 saturated carbocycles. The molecule has 19 heavy (non-hydrogen) atoms. The van der Waals surface area contributed by atoms with Crippen molar-refractivity contribution in [2.75, 3.05) is 13.2 Å². The third kappa shape index (κ3) is 3.73. The van der Waals surface area contributed by atoms with Gasteiger partial charge in [0.2, 0.25) is 0 Å². The molecule has 1 fully saturated rings. The van der Waals surface area contributed by atoms with E-state index in [2.05, 4.69) is 9.88 Å². The first-order valence-corrected chi connectivity index (χ1v) is 6.71. The average molecular weight is 266 g/mol. The maximum atomic E-state index is 13.1. The molecule has 2 heterocycles. The summed E-state index contributed by atoms with van der Waals surface area (Å²) in [5, 5.41) is 0. The van der Waals surface area contributed by atoms with Crippen LogP contribution in [0.1, 0.15) is 31.7 Å². The van der Waals surface area contributed by atoms with Crippen LogP contribution in [-0.4, -0.2) is 35.0 Å². The van der Waals surface area contributed by atoms with Crippen LogP contribution in [0.4, 0.5) is 4.39 Å². The van der Waals surface area contributed by atoms with E-state index in [0.717, 1.165) is 31.4 Å². The van der Waals surface area contributed by atoms with E-state index >= 15 is 0 Å². The summed E-state index contributed by atoms with van der Waals surface area (Å²) in [5.74, 6) is -0.520. The number of carbonyl (C=O) groups excluding carboxylic acids is 1. The van der Waals surface area contributed by atoms with Crippen LogP contribution in [0.2, 0.25) is 0 Å². The van der Waals surface area contributed by atoms with Gasteiger partial charge in [0.1, 0.15) is 11.9 Å². The molecule has 2 rings (SSSR count). The number of nitrogens with zero attached hydrogens (tertiary/aromatic N) is 2. The number of carbonyl (C=O) groups is 1. The quantitative estimate of drug-likeness (QED) is 0.783. The number of rotatable bonds is 4. The molecule has 0 bridgehead atoms. The molecule has 1 aliphatic heterocycles. The molecule has 1 unspecified atom stereocenters. The lowest BCUT2D eigenvalue weighted by Crippen LogP contribution is -2.44. The van der Waals surface area contributed by atoms with Crippen molar-refractivity contribution in [1.29, 1.82) is 0 Å². The number of halogens is 1. The van der Waals surface area contributed by atoms with Crippen molar-refractivity contribution in [1.82, 2.24) is 9.88 Å². The van der Waals surface area contributed by atoms with Gasteiger partial charge < -0.3 is 4.74 Å². The van der Waals surface area contributed by atoms with Gasteiger partial charge >= 0.3 is 5.97 Å². The molecule has 5 heteroatoms. The molecule has 1 atom stereocenters. The Kier molecular flexibility index (Phi) is 4.85. The van der Waals surface area contributed by atoms with E-state index in [-0.39, 0.29) is 17.8 Å². The van der Waals surface area contributed by atoms with E-state index in [1.54, 1.807) is 6.20 Å². The highest BCUT2D eigenvalue weighted by Gasteiger charge is 2.29. The van der Waals surface area contributed by atoms with Gasteiger partial charge in [0.25, 0.3) is 0 Å². The summed E-state index contributed by atoms with van der Waals surface area (Å²) in [4.78, 5) is 17.8. The lowest BCUT2D eigenvalue weighted by atomic mass is 10.0. The van der Waals surface area contributed by atoms with Crippen LogP contribution in [0.15, 0.2) is 18.5 Å². The monoisotopic (exact) mass is 266 g/mol. The summed E-state index contributed by atoms with van der Waals surface area (Å²) in [6.07, 6.45) is 5.71. The fourth-order valence-corrected chi connectivity index (χ4v) is 2.46. The molecule has 1 aromatic heterocycles. The smallest absolute Gasteiger partial charge is 0.323 e. The van der Waals surface area contributed by atoms with Crippen molar-refractivity contribution in [2.24, 2.45) is 0 Å². The van der Waals surface area contributed by atoms with Gasteiger partial charge in [-0.25, -0.2) is 4.39 Å². The highest BCUT2D eigenvalue weighted by Crippen LogP contribution is 2.20. The van der Waals surface area contributed by atoms with Crippen LogP contribution < -0.4 is 0 Å². The van der Waals surface area contributed by atoms with E-state index in [9.17, 15) is 9.18 Å². The number of hydrogen-bond acceptors (Lipinski definition) is 4. The molecule has 0 aromatic carbocycles. The van der Waals surface area contributed by atoms with Gasteiger partial charge in [-0.3, -0.25) is 14.7 Å². The number of ether oxygens (including phenoxy) is 1. The maximum absolute atomic E-state index is 13.1. The van der Waals surface area contributed by atoms with Crippen molar-refractivity contribution in [3.05, 3.63) is 29.8 Å². The zero-order valence-corrected chi connectivity index (χ0v) is 11.1. The molecule has 0 amide bonds. The molecule has 0 N–H and O–H groups in total. The first kappa shape index (κ1) is 13.9. The van der Waals surface area contributed by atoms with Crippen molar-refractivity contribution >= 4 is 5.97 Å². The van der Waals surface area contributed by atoms with Gasteiger partial charge in [-0.15, -0.1) is 0 Å². The SMILES string of the molecule is CCOC(=O)C1CCCCN1Cc1cncc(F)c1. The third-order valence-electron chi connectivity index (χ3n) is 3.32. The minimum atomic E-state index is -0.345. The molecule has 0 spiro atoms. The normalized spacial score (nSPS) is 20.2. The Balaban J connectivity index is 2.05. The zero-order chi connectivity index (χ0) is 13.7. The molecule has 104 valence electrons. The van der Waals surface area contributed by atoms with Gasteiger partial charge in [0.15, 0.2) is 0 Å². The lowest BCUT2D eigenvalue weighted by molar-refractivity contribution is -0.151. The lowest BCUT2D eigenvalue weighted by Gasteiger charge is -2.33. The van der Waals surface area contributed by atoms with Crippen LogP contribution in [0, 0.1) is 5.82 Å². The van der Waals surface area contributed by atoms with Gasteiger partial charge in [-0.05, 0) is 37.9 Å². The minimum absolute atomic E-state index is 0.174. The first-order valence-electron chi connectivity index (χ1n) is 6.71. The summed E-state index contributed by atoms with van der Waals surface area (Å²) < 4.78 is 18.2. The van der Waals surface area contributed by atoms with E-state index in [1.165, 1.54) is 12.3 Å². The van der Waals surface area contributed by atoms with E-state index in [1.807, 2.05) is 6.92 Å². The average Bonchev–Trinajstić information content (AvgIpc) is 2.39. The first-order chi connectivity index (χ1) is 9.20. The number of aromatic nitrogens is 1. The van der Waals surface area contributed by atoms with Crippen molar-refractivity contribution in [2.45, 2.75) is 38.8 Å². The minimum Gasteiger partial charge on any atom is -0.465 e. The van der Waals surface area contributed by atoms with Gasteiger partial charge in [0, 0.05) is 12.7 Å². The summed E-state index contributed by atoms with van der Waals surface area (Å²) >= 11 is 0. The second kappa shape index (κ2) is 6.61. The summed E-state index contributed by atoms with van der Waals surface area (Å²) in [6, 6.07) is 1.25. The Morgan fingerprint density at radius 3 is 3.11 bits per heavy atom. The standard InChI is InChI=1S/C14H19FN2O2/c1-2-19-14(18)13-5-3-4-6-17(13)10-11-7-12(15)9-16-8-11/h7-9,13H,2-6,10H2,1H3. The predicted octanol–water partition coefficient (Wildman–Crippen LogP) is 2.14. The number of esters is 1. The molecule has 1 aliphatic rings. The highest BCUT2D eigenvalue weighted by molar-refractivity contribution is 5.75. The summed E-state index contributed by atoms with van der Waals surface area (Å²) in [6.45, 7) is 3.57. The zero-order valence-electron chi connectivity index (χ0n) is 11.1. The topological polar surface area (TPSA) is 42.4 Å². The largest absolute Gasteiger partial charge is 0.465 e. The second-order valence-corrected chi connectivity index (χ2v) is 4.75. The van der Waals surface area contributed by atoms with Crippen LogP contribution in [0.5, 0.6) is 0 Å². The Labute approximate surface area is 112 Å². The fraction of sp³-hybridized carbons (Fsp3) is 0.571. The van der Waals surface area contributed by atoms with E-state index < -0.39 is 0 Å². The van der Waals surface area contributed by atoms with E-state index in [4.69, 9.17) is 4.74 Å². The Hall–Kier alpha value is -1.49. The summed E-state index contributed by atoms with van der Waals surface area (Å²) in [5.41, 5.74) is 0.788. The Morgan fingerprint density at radius 1 is 1.53 bits per heavy atom. The Morgan fingerprint density at radius 2 is 2.37 bits per heavy atom. The second-order valence-electron chi connectivity index (χ2n) is 4.75. The molecular formula is C14H19FN2O2. The van der Waals surface area contributed by atoms with E-state index in [0.29, 0.717) is 13.2 Å². The Bertz CT molecular complexity index is 439. The van der Waals surface area contributed by atoms with Crippen molar-refractivity contribution < 1.29 is 13.9 Å². The molecular weight excluding hydrogens is 247 g/mol. The van der Waals surface area contributed by atoms with Gasteiger partial charge in [0.05, 0.1) is 12.8 Å². The van der Waals surface area contributed by atoms with Crippen LogP contribution in [0.3, 0.4) is 0 Å². The van der Waals surface area contributed by atoms with Crippen LogP contribution >= 0.6 is 0 Å². The van der Waals surface area contributed by atoms with Gasteiger partial charge in [-0.1, -0.05) is 6.42 Å². The number of piperidine rings is 1. The molecule has 1 saturated heterocycles. The van der Waals surface area contributed by atoms with Crippen LogP contribution in [-0.2, 0) is 16.1 Å². The van der Waals surface area contributed by atoms with Crippen molar-refractivity contribution in [3.8, 4) is 0 Å². The van der Waals surface area contributed by atoms with Crippen molar-refractivity contribution in [3.63, 3.8) is 0 Å². The summed E-state index contributed by atoms with van der Waals surface area (Å²) in [7, 11) is 0. The molecule has 0 radical (unpaired) electrons. The predicted molar refractivity (Wildman–Crippen MR) is 68.9 cm³/mol. The molecule has 1 aromatic rings.